The molecule has 15 heavy (non-hydrogen) atoms. The maximum atomic E-state index is 13.5. The fourth-order valence-corrected chi connectivity index (χ4v) is 1.56. The minimum absolute atomic E-state index is 0.0901. The molecule has 0 radical (unpaired) electrons. The normalized spacial score (nSPS) is 10.5. The Morgan fingerprint density at radius 3 is 2.93 bits per heavy atom. The summed E-state index contributed by atoms with van der Waals surface area (Å²) in [4.78, 5) is 14.7. The van der Waals surface area contributed by atoms with Gasteiger partial charge in [-0.15, -0.1) is 0 Å². The number of carbonyl (C=O) groups is 1. The molecule has 0 fully saturated rings. The van der Waals surface area contributed by atoms with Gasteiger partial charge in [0.2, 0.25) is 5.91 Å². The van der Waals surface area contributed by atoms with Crippen LogP contribution in [0.4, 0.5) is 4.39 Å². The number of aromatic nitrogens is 1. The van der Waals surface area contributed by atoms with E-state index in [1.54, 1.807) is 24.5 Å². The van der Waals surface area contributed by atoms with Gasteiger partial charge in [0.05, 0.1) is 6.42 Å². The van der Waals surface area contributed by atoms with Crippen molar-refractivity contribution in [2.75, 3.05) is 0 Å². The lowest BCUT2D eigenvalue weighted by Crippen LogP contribution is -2.14. The quantitative estimate of drug-likeness (QED) is 0.803. The zero-order chi connectivity index (χ0) is 10.8. The molecule has 1 aromatic carbocycles. The van der Waals surface area contributed by atoms with Crippen molar-refractivity contribution in [2.45, 2.75) is 6.42 Å². The molecule has 0 saturated heterocycles. The van der Waals surface area contributed by atoms with E-state index in [0.29, 0.717) is 10.9 Å². The summed E-state index contributed by atoms with van der Waals surface area (Å²) in [5, 5.41) is 1.49. The molecule has 4 heteroatoms. The lowest BCUT2D eigenvalue weighted by Gasteiger charge is -2.05. The molecule has 2 rings (SSSR count). The molecule has 0 saturated carbocycles. The Balaban J connectivity index is 2.68. The fourth-order valence-electron chi connectivity index (χ4n) is 1.56. The van der Waals surface area contributed by atoms with Gasteiger partial charge >= 0.3 is 0 Å². The number of pyridine rings is 1. The van der Waals surface area contributed by atoms with Crippen LogP contribution >= 0.6 is 0 Å². The average Bonchev–Trinajstić information content (AvgIpc) is 2.22. The van der Waals surface area contributed by atoms with Crippen molar-refractivity contribution in [3.05, 3.63) is 42.0 Å². The number of primary amides is 1. The molecular formula is C11H9FN2O. The molecule has 0 unspecified atom stereocenters. The van der Waals surface area contributed by atoms with Crippen LogP contribution in [0.1, 0.15) is 5.56 Å². The predicted molar refractivity (Wildman–Crippen MR) is 54.6 cm³/mol. The predicted octanol–water partition coefficient (Wildman–Crippen LogP) is 1.40. The van der Waals surface area contributed by atoms with E-state index in [9.17, 15) is 9.18 Å². The van der Waals surface area contributed by atoms with Gasteiger partial charge in [0.25, 0.3) is 0 Å². The van der Waals surface area contributed by atoms with Crippen molar-refractivity contribution < 1.29 is 9.18 Å². The van der Waals surface area contributed by atoms with Gasteiger partial charge in [0.1, 0.15) is 5.82 Å². The van der Waals surface area contributed by atoms with Crippen LogP contribution in [0.25, 0.3) is 10.8 Å². The molecule has 0 atom stereocenters. The van der Waals surface area contributed by atoms with Crippen LogP contribution in [-0.2, 0) is 11.2 Å². The molecule has 1 aromatic heterocycles. The molecule has 0 spiro atoms. The molecule has 1 amide bonds. The minimum Gasteiger partial charge on any atom is -0.369 e. The number of hydrogen-bond donors (Lipinski definition) is 1. The average molecular weight is 204 g/mol. The molecule has 0 aliphatic rings. The largest absolute Gasteiger partial charge is 0.369 e. The first-order valence-electron chi connectivity index (χ1n) is 4.48. The number of nitrogens with zero attached hydrogens (tertiary/aromatic N) is 1. The number of carbonyl (C=O) groups excluding carboxylic acids is 1. The number of halogens is 1. The Bertz CT molecular complexity index is 525. The van der Waals surface area contributed by atoms with Gasteiger partial charge in [0, 0.05) is 23.3 Å². The third kappa shape index (κ3) is 1.79. The van der Waals surface area contributed by atoms with Crippen molar-refractivity contribution in [1.29, 1.82) is 0 Å². The van der Waals surface area contributed by atoms with Gasteiger partial charge in [0.15, 0.2) is 0 Å². The van der Waals surface area contributed by atoms with E-state index in [1.807, 2.05) is 0 Å². The topological polar surface area (TPSA) is 56.0 Å². The number of rotatable bonds is 2. The van der Waals surface area contributed by atoms with Gasteiger partial charge in [-0.25, -0.2) is 4.39 Å². The zero-order valence-electron chi connectivity index (χ0n) is 7.90. The maximum absolute atomic E-state index is 13.5. The lowest BCUT2D eigenvalue weighted by molar-refractivity contribution is -0.117. The monoisotopic (exact) mass is 204 g/mol. The van der Waals surface area contributed by atoms with Crippen molar-refractivity contribution >= 4 is 16.7 Å². The van der Waals surface area contributed by atoms with Crippen LogP contribution in [0.5, 0.6) is 0 Å². The summed E-state index contributed by atoms with van der Waals surface area (Å²) >= 11 is 0. The number of fused-ring (bicyclic) bond motifs is 1. The van der Waals surface area contributed by atoms with Gasteiger partial charge in [-0.3, -0.25) is 9.78 Å². The lowest BCUT2D eigenvalue weighted by atomic mass is 10.0. The standard InChI is InChI=1S/C11H9FN2O/c12-10-2-1-7-6-14-4-3-8(7)9(10)5-11(13)15/h1-4,6H,5H2,(H2,13,15). The summed E-state index contributed by atoms with van der Waals surface area (Å²) in [6.45, 7) is 0. The van der Waals surface area contributed by atoms with Crippen molar-refractivity contribution in [2.24, 2.45) is 5.73 Å². The van der Waals surface area contributed by atoms with Crippen LogP contribution in [0.3, 0.4) is 0 Å². The van der Waals surface area contributed by atoms with Crippen LogP contribution < -0.4 is 5.73 Å². The van der Waals surface area contributed by atoms with Crippen LogP contribution in [0.2, 0.25) is 0 Å². The Morgan fingerprint density at radius 2 is 2.20 bits per heavy atom. The molecule has 2 aromatic rings. The summed E-state index contributed by atoms with van der Waals surface area (Å²) in [7, 11) is 0. The van der Waals surface area contributed by atoms with E-state index in [1.165, 1.54) is 6.07 Å². The highest BCUT2D eigenvalue weighted by Crippen LogP contribution is 2.20. The molecule has 2 N–H and O–H groups in total. The number of hydrogen-bond acceptors (Lipinski definition) is 2. The van der Waals surface area contributed by atoms with Gasteiger partial charge in [-0.2, -0.15) is 0 Å². The van der Waals surface area contributed by atoms with E-state index in [-0.39, 0.29) is 6.42 Å². The van der Waals surface area contributed by atoms with E-state index < -0.39 is 11.7 Å². The van der Waals surface area contributed by atoms with E-state index >= 15 is 0 Å². The fraction of sp³-hybridized carbons (Fsp3) is 0.0909. The summed E-state index contributed by atoms with van der Waals surface area (Å²) in [5.74, 6) is -0.953. The first-order valence-corrected chi connectivity index (χ1v) is 4.48. The third-order valence-electron chi connectivity index (χ3n) is 2.23. The summed E-state index contributed by atoms with van der Waals surface area (Å²) in [6.07, 6.45) is 3.10. The molecule has 0 bridgehead atoms. The molecule has 3 nitrogen and oxygen atoms in total. The van der Waals surface area contributed by atoms with Crippen molar-refractivity contribution in [3.8, 4) is 0 Å². The maximum Gasteiger partial charge on any atom is 0.221 e. The highest BCUT2D eigenvalue weighted by Gasteiger charge is 2.09. The SMILES string of the molecule is NC(=O)Cc1c(F)ccc2cnccc12. The number of benzene rings is 1. The first-order chi connectivity index (χ1) is 7.18. The number of nitrogens with two attached hydrogens (primary N) is 1. The van der Waals surface area contributed by atoms with Gasteiger partial charge < -0.3 is 5.73 Å². The first kappa shape index (κ1) is 9.58. The Kier molecular flexibility index (Phi) is 2.33. The zero-order valence-corrected chi connectivity index (χ0v) is 7.90. The summed E-state index contributed by atoms with van der Waals surface area (Å²) in [6, 6.07) is 4.63. The van der Waals surface area contributed by atoms with Crippen LogP contribution in [0.15, 0.2) is 30.6 Å². The van der Waals surface area contributed by atoms with E-state index in [2.05, 4.69) is 4.98 Å². The molecular weight excluding hydrogens is 195 g/mol. The Hall–Kier alpha value is -1.97. The second-order valence-corrected chi connectivity index (χ2v) is 3.27. The van der Waals surface area contributed by atoms with Crippen molar-refractivity contribution in [3.63, 3.8) is 0 Å². The number of amides is 1. The second kappa shape index (κ2) is 3.65. The highest BCUT2D eigenvalue weighted by atomic mass is 19.1. The molecule has 76 valence electrons. The summed E-state index contributed by atoms with van der Waals surface area (Å²) < 4.78 is 13.5. The third-order valence-corrected chi connectivity index (χ3v) is 2.23. The molecule has 1 heterocycles. The van der Waals surface area contributed by atoms with Crippen LogP contribution in [0, 0.1) is 5.82 Å². The molecule has 0 aliphatic heterocycles. The van der Waals surface area contributed by atoms with E-state index in [4.69, 9.17) is 5.73 Å². The van der Waals surface area contributed by atoms with Crippen molar-refractivity contribution in [1.82, 2.24) is 4.98 Å². The Morgan fingerprint density at radius 1 is 1.40 bits per heavy atom. The van der Waals surface area contributed by atoms with Crippen LogP contribution in [-0.4, -0.2) is 10.9 Å². The summed E-state index contributed by atoms with van der Waals surface area (Å²) in [5.41, 5.74) is 5.40. The smallest absolute Gasteiger partial charge is 0.221 e. The molecule has 0 aliphatic carbocycles. The minimum atomic E-state index is -0.543. The van der Waals surface area contributed by atoms with Gasteiger partial charge in [-0.05, 0) is 23.6 Å². The van der Waals surface area contributed by atoms with Gasteiger partial charge in [-0.1, -0.05) is 0 Å². The highest BCUT2D eigenvalue weighted by molar-refractivity contribution is 5.89. The second-order valence-electron chi connectivity index (χ2n) is 3.27. The van der Waals surface area contributed by atoms with E-state index in [0.717, 1.165) is 5.39 Å². The Labute approximate surface area is 85.7 Å².